The maximum Gasteiger partial charge on any atom is 0.363 e. The molecule has 0 atom stereocenters. The Morgan fingerprint density at radius 1 is 1.11 bits per heavy atom. The molecular weight excluding hydrogens is 362 g/mol. The molecule has 1 heterocycles. The highest BCUT2D eigenvalue weighted by atomic mass is 16.6. The highest BCUT2D eigenvalue weighted by Gasteiger charge is 2.24. The number of rotatable bonds is 7. The van der Waals surface area contributed by atoms with Gasteiger partial charge in [-0.1, -0.05) is 24.3 Å². The molecule has 28 heavy (non-hydrogen) atoms. The van der Waals surface area contributed by atoms with Crippen LogP contribution in [0.25, 0.3) is 6.08 Å². The summed E-state index contributed by atoms with van der Waals surface area (Å²) in [6, 6.07) is 14.3. The van der Waals surface area contributed by atoms with Gasteiger partial charge in [0.15, 0.2) is 23.8 Å². The van der Waals surface area contributed by atoms with Crippen molar-refractivity contribution in [2.75, 3.05) is 20.3 Å². The number of esters is 2. The molecule has 7 heteroatoms. The van der Waals surface area contributed by atoms with Gasteiger partial charge in [-0.2, -0.15) is 0 Å². The second-order valence-electron chi connectivity index (χ2n) is 5.71. The quantitative estimate of drug-likeness (QED) is 0.542. The number of aliphatic imine (C=N–C) groups is 1. The minimum Gasteiger partial charge on any atom is -0.490 e. The molecule has 0 aliphatic carbocycles. The van der Waals surface area contributed by atoms with Crippen LogP contribution < -0.4 is 9.47 Å². The minimum atomic E-state index is -0.525. The molecule has 2 aromatic rings. The first kappa shape index (κ1) is 19.2. The predicted octanol–water partition coefficient (Wildman–Crippen LogP) is 2.98. The summed E-state index contributed by atoms with van der Waals surface area (Å²) in [5.74, 6) is 0.0871. The van der Waals surface area contributed by atoms with Crippen LogP contribution in [0.15, 0.2) is 59.2 Å². The summed E-state index contributed by atoms with van der Waals surface area (Å²) in [4.78, 5) is 27.7. The lowest BCUT2D eigenvalue weighted by Crippen LogP contribution is -2.13. The van der Waals surface area contributed by atoms with Gasteiger partial charge in [0.25, 0.3) is 0 Å². The van der Waals surface area contributed by atoms with E-state index in [9.17, 15) is 9.59 Å². The second kappa shape index (κ2) is 8.85. The van der Waals surface area contributed by atoms with Crippen LogP contribution in [-0.4, -0.2) is 38.2 Å². The number of carbonyl (C=O) groups excluding carboxylic acids is 2. The summed E-state index contributed by atoms with van der Waals surface area (Å²) in [5.41, 5.74) is 1.59. The summed E-state index contributed by atoms with van der Waals surface area (Å²) in [6.07, 6.45) is 1.60. The van der Waals surface area contributed by atoms with E-state index in [-0.39, 0.29) is 18.2 Å². The molecule has 0 N–H and O–H groups in total. The Kier molecular flexibility index (Phi) is 6.06. The van der Waals surface area contributed by atoms with E-state index in [2.05, 4.69) is 9.73 Å². The Balaban J connectivity index is 1.84. The average molecular weight is 381 g/mol. The van der Waals surface area contributed by atoms with E-state index in [1.807, 2.05) is 37.3 Å². The molecule has 144 valence electrons. The summed E-state index contributed by atoms with van der Waals surface area (Å²) in [7, 11) is 1.29. The van der Waals surface area contributed by atoms with Crippen molar-refractivity contribution < 1.29 is 28.5 Å². The van der Waals surface area contributed by atoms with Crippen molar-refractivity contribution >= 4 is 23.9 Å². The third-order valence-corrected chi connectivity index (χ3v) is 3.79. The highest BCUT2D eigenvalue weighted by molar-refractivity contribution is 6.12. The van der Waals surface area contributed by atoms with Crippen molar-refractivity contribution in [3.05, 3.63) is 65.4 Å². The van der Waals surface area contributed by atoms with Crippen LogP contribution in [0, 0.1) is 0 Å². The van der Waals surface area contributed by atoms with Crippen LogP contribution in [0.3, 0.4) is 0 Å². The van der Waals surface area contributed by atoms with Gasteiger partial charge in [0.05, 0.1) is 13.7 Å². The van der Waals surface area contributed by atoms with Gasteiger partial charge in [0, 0.05) is 5.56 Å². The van der Waals surface area contributed by atoms with Crippen LogP contribution >= 0.6 is 0 Å². The van der Waals surface area contributed by atoms with E-state index < -0.39 is 11.9 Å². The zero-order chi connectivity index (χ0) is 19.9. The van der Waals surface area contributed by atoms with Crippen LogP contribution in [0.5, 0.6) is 11.5 Å². The monoisotopic (exact) mass is 381 g/mol. The van der Waals surface area contributed by atoms with E-state index >= 15 is 0 Å². The van der Waals surface area contributed by atoms with Crippen molar-refractivity contribution in [1.29, 1.82) is 0 Å². The second-order valence-corrected chi connectivity index (χ2v) is 5.71. The first-order valence-electron chi connectivity index (χ1n) is 8.65. The van der Waals surface area contributed by atoms with Crippen LogP contribution in [0.2, 0.25) is 0 Å². The number of benzene rings is 2. The fourth-order valence-electron chi connectivity index (χ4n) is 2.47. The molecule has 0 aromatic heterocycles. The van der Waals surface area contributed by atoms with Crippen molar-refractivity contribution in [2.45, 2.75) is 6.92 Å². The first-order chi connectivity index (χ1) is 13.6. The Morgan fingerprint density at radius 3 is 2.61 bits per heavy atom. The molecule has 0 saturated heterocycles. The number of nitrogens with zero attached hydrogens (tertiary/aromatic N) is 1. The van der Waals surface area contributed by atoms with Crippen LogP contribution in [0.1, 0.15) is 18.1 Å². The molecule has 0 amide bonds. The van der Waals surface area contributed by atoms with Gasteiger partial charge < -0.3 is 18.9 Å². The molecule has 1 aliphatic rings. The fourth-order valence-corrected chi connectivity index (χ4v) is 2.47. The lowest BCUT2D eigenvalue weighted by Gasteiger charge is -2.11. The number of carbonyl (C=O) groups is 2. The molecule has 1 aliphatic heterocycles. The minimum absolute atomic E-state index is 0.185. The van der Waals surface area contributed by atoms with Crippen molar-refractivity contribution in [3.63, 3.8) is 0 Å². The lowest BCUT2D eigenvalue weighted by atomic mass is 10.1. The molecule has 0 spiro atoms. The van der Waals surface area contributed by atoms with E-state index in [4.69, 9.17) is 14.2 Å². The van der Waals surface area contributed by atoms with Gasteiger partial charge in [-0.15, -0.1) is 0 Å². The summed E-state index contributed by atoms with van der Waals surface area (Å²) >= 11 is 0. The molecule has 0 bridgehead atoms. The highest BCUT2D eigenvalue weighted by Crippen LogP contribution is 2.30. The summed E-state index contributed by atoms with van der Waals surface area (Å²) < 4.78 is 20.8. The summed E-state index contributed by atoms with van der Waals surface area (Å²) in [6.45, 7) is 2.01. The van der Waals surface area contributed by atoms with Crippen molar-refractivity contribution in [3.8, 4) is 11.5 Å². The fraction of sp³-hybridized carbons (Fsp3) is 0.190. The Hall–Kier alpha value is -3.61. The molecule has 3 rings (SSSR count). The number of cyclic esters (lactones) is 1. The van der Waals surface area contributed by atoms with E-state index in [1.54, 1.807) is 24.3 Å². The topological polar surface area (TPSA) is 83.4 Å². The average Bonchev–Trinajstić information content (AvgIpc) is 3.08. The zero-order valence-electron chi connectivity index (χ0n) is 15.5. The predicted molar refractivity (Wildman–Crippen MR) is 102 cm³/mol. The molecule has 2 aromatic carbocycles. The van der Waals surface area contributed by atoms with Crippen molar-refractivity contribution in [2.24, 2.45) is 4.99 Å². The molecule has 0 fully saturated rings. The lowest BCUT2D eigenvalue weighted by molar-refractivity contribution is -0.143. The maximum absolute atomic E-state index is 12.1. The molecule has 7 nitrogen and oxygen atoms in total. The number of hydrogen-bond acceptors (Lipinski definition) is 7. The third-order valence-electron chi connectivity index (χ3n) is 3.79. The van der Waals surface area contributed by atoms with Gasteiger partial charge in [-0.05, 0) is 42.8 Å². The van der Waals surface area contributed by atoms with Gasteiger partial charge in [0.1, 0.15) is 0 Å². The van der Waals surface area contributed by atoms with Gasteiger partial charge in [-0.25, -0.2) is 14.6 Å². The van der Waals surface area contributed by atoms with E-state index in [0.29, 0.717) is 23.7 Å². The standard InChI is InChI=1S/C21H19NO6/c1-3-26-18-12-14(9-10-17(18)27-13-19(23)25-2)11-16-21(24)28-20(22-16)15-7-5-4-6-8-15/h4-12H,3,13H2,1-2H3. The van der Waals surface area contributed by atoms with Gasteiger partial charge in [-0.3, -0.25) is 0 Å². The molecule has 0 radical (unpaired) electrons. The van der Waals surface area contributed by atoms with Crippen molar-refractivity contribution in [1.82, 2.24) is 0 Å². The van der Waals surface area contributed by atoms with Crippen LogP contribution in [-0.2, 0) is 19.1 Å². The first-order valence-corrected chi connectivity index (χ1v) is 8.65. The SMILES string of the molecule is CCOc1cc(C=C2N=C(c3ccccc3)OC2=O)ccc1OCC(=O)OC. The Labute approximate surface area is 162 Å². The third kappa shape index (κ3) is 4.56. The maximum atomic E-state index is 12.1. The van der Waals surface area contributed by atoms with E-state index in [0.717, 1.165) is 5.56 Å². The Morgan fingerprint density at radius 2 is 1.89 bits per heavy atom. The molecular formula is C21H19NO6. The Bertz CT molecular complexity index is 933. The van der Waals surface area contributed by atoms with Gasteiger partial charge in [0.2, 0.25) is 5.90 Å². The zero-order valence-corrected chi connectivity index (χ0v) is 15.5. The molecule has 0 saturated carbocycles. The largest absolute Gasteiger partial charge is 0.490 e. The van der Waals surface area contributed by atoms with Gasteiger partial charge >= 0.3 is 11.9 Å². The number of hydrogen-bond donors (Lipinski definition) is 0. The number of methoxy groups -OCH3 is 1. The normalized spacial score (nSPS) is 14.4. The van der Waals surface area contributed by atoms with Crippen LogP contribution in [0.4, 0.5) is 0 Å². The molecule has 0 unspecified atom stereocenters. The smallest absolute Gasteiger partial charge is 0.363 e. The van der Waals surface area contributed by atoms with E-state index in [1.165, 1.54) is 7.11 Å². The summed E-state index contributed by atoms with van der Waals surface area (Å²) in [5, 5.41) is 0. The number of ether oxygens (including phenoxy) is 4.